The maximum atomic E-state index is 5.98. The molecule has 0 radical (unpaired) electrons. The molecule has 0 saturated carbocycles. The van der Waals surface area contributed by atoms with Crippen molar-refractivity contribution < 1.29 is 4.74 Å². The lowest BCUT2D eigenvalue weighted by atomic mass is 10.0. The SMILES string of the molecule is CCCN(CCC)CC(c1ccccc1OCC)N1CCNC(C)C1. The molecule has 1 aromatic rings. The van der Waals surface area contributed by atoms with Gasteiger partial charge in [0, 0.05) is 37.8 Å². The Morgan fingerprint density at radius 2 is 1.92 bits per heavy atom. The second kappa shape index (κ2) is 10.8. The zero-order chi connectivity index (χ0) is 18.1. The second-order valence-electron chi connectivity index (χ2n) is 7.14. The normalized spacial score (nSPS) is 20.0. The summed E-state index contributed by atoms with van der Waals surface area (Å²) in [7, 11) is 0. The molecule has 0 aliphatic carbocycles. The van der Waals surface area contributed by atoms with Gasteiger partial charge in [0.15, 0.2) is 0 Å². The summed E-state index contributed by atoms with van der Waals surface area (Å²) in [6.45, 7) is 16.3. The largest absolute Gasteiger partial charge is 0.494 e. The Kier molecular flexibility index (Phi) is 8.73. The summed E-state index contributed by atoms with van der Waals surface area (Å²) in [5.74, 6) is 1.05. The minimum Gasteiger partial charge on any atom is -0.494 e. The molecular formula is C21H37N3O. The van der Waals surface area contributed by atoms with Crippen LogP contribution in [0.2, 0.25) is 0 Å². The van der Waals surface area contributed by atoms with E-state index in [9.17, 15) is 0 Å². The molecule has 0 aromatic heterocycles. The van der Waals surface area contributed by atoms with Gasteiger partial charge in [-0.15, -0.1) is 0 Å². The summed E-state index contributed by atoms with van der Waals surface area (Å²) in [5, 5.41) is 3.58. The molecule has 1 saturated heterocycles. The third-order valence-electron chi connectivity index (χ3n) is 4.93. The predicted molar refractivity (Wildman–Crippen MR) is 106 cm³/mol. The lowest BCUT2D eigenvalue weighted by Crippen LogP contribution is -2.52. The fourth-order valence-corrected chi connectivity index (χ4v) is 3.87. The van der Waals surface area contributed by atoms with Crippen molar-refractivity contribution >= 4 is 0 Å². The molecular weight excluding hydrogens is 310 g/mol. The van der Waals surface area contributed by atoms with E-state index in [4.69, 9.17) is 4.74 Å². The van der Waals surface area contributed by atoms with Gasteiger partial charge in [-0.1, -0.05) is 32.0 Å². The van der Waals surface area contributed by atoms with Crippen LogP contribution in [0.5, 0.6) is 5.75 Å². The highest BCUT2D eigenvalue weighted by Crippen LogP contribution is 2.31. The second-order valence-corrected chi connectivity index (χ2v) is 7.14. The van der Waals surface area contributed by atoms with Crippen LogP contribution in [0.4, 0.5) is 0 Å². The number of nitrogens with one attached hydrogen (secondary N) is 1. The van der Waals surface area contributed by atoms with Gasteiger partial charge in [-0.25, -0.2) is 0 Å². The maximum absolute atomic E-state index is 5.98. The van der Waals surface area contributed by atoms with E-state index in [1.54, 1.807) is 0 Å². The first-order chi connectivity index (χ1) is 12.2. The minimum atomic E-state index is 0.394. The van der Waals surface area contributed by atoms with E-state index in [1.807, 2.05) is 0 Å². The number of rotatable bonds is 10. The molecule has 1 aliphatic rings. The molecule has 1 aliphatic heterocycles. The van der Waals surface area contributed by atoms with Gasteiger partial charge in [0.2, 0.25) is 0 Å². The van der Waals surface area contributed by atoms with E-state index < -0.39 is 0 Å². The van der Waals surface area contributed by atoms with Gasteiger partial charge >= 0.3 is 0 Å². The van der Waals surface area contributed by atoms with Crippen LogP contribution in [0.3, 0.4) is 0 Å². The van der Waals surface area contributed by atoms with Crippen LogP contribution in [0.1, 0.15) is 52.1 Å². The molecule has 1 N–H and O–H groups in total. The minimum absolute atomic E-state index is 0.394. The van der Waals surface area contributed by atoms with Crippen molar-refractivity contribution in [1.29, 1.82) is 0 Å². The third-order valence-corrected chi connectivity index (χ3v) is 4.93. The van der Waals surface area contributed by atoms with Gasteiger partial charge in [-0.2, -0.15) is 0 Å². The molecule has 4 nitrogen and oxygen atoms in total. The van der Waals surface area contributed by atoms with Crippen LogP contribution >= 0.6 is 0 Å². The Balaban J connectivity index is 2.27. The van der Waals surface area contributed by atoms with Crippen LogP contribution in [-0.4, -0.2) is 61.7 Å². The molecule has 25 heavy (non-hydrogen) atoms. The van der Waals surface area contributed by atoms with E-state index in [1.165, 1.54) is 31.5 Å². The van der Waals surface area contributed by atoms with E-state index in [0.717, 1.165) is 38.5 Å². The molecule has 0 spiro atoms. The lowest BCUT2D eigenvalue weighted by molar-refractivity contribution is 0.106. The summed E-state index contributed by atoms with van der Waals surface area (Å²) in [6, 6.07) is 9.56. The van der Waals surface area contributed by atoms with Crippen LogP contribution in [0.15, 0.2) is 24.3 Å². The molecule has 0 amide bonds. The highest BCUT2D eigenvalue weighted by atomic mass is 16.5. The summed E-state index contributed by atoms with van der Waals surface area (Å²) in [6.07, 6.45) is 2.41. The van der Waals surface area contributed by atoms with Gasteiger partial charge in [0.05, 0.1) is 12.6 Å². The Morgan fingerprint density at radius 1 is 1.20 bits per heavy atom. The van der Waals surface area contributed by atoms with Crippen LogP contribution in [0.25, 0.3) is 0 Å². The number of ether oxygens (including phenoxy) is 1. The molecule has 2 unspecified atom stereocenters. The molecule has 1 heterocycles. The molecule has 2 rings (SSSR count). The third kappa shape index (κ3) is 5.98. The van der Waals surface area contributed by atoms with Crippen molar-refractivity contribution in [2.45, 2.75) is 52.6 Å². The first kappa shape index (κ1) is 20.2. The number of piperazine rings is 1. The Hall–Kier alpha value is -1.10. The van der Waals surface area contributed by atoms with Gasteiger partial charge in [-0.05, 0) is 45.8 Å². The van der Waals surface area contributed by atoms with Crippen LogP contribution in [-0.2, 0) is 0 Å². The summed E-state index contributed by atoms with van der Waals surface area (Å²) >= 11 is 0. The Morgan fingerprint density at radius 3 is 2.56 bits per heavy atom. The first-order valence-electron chi connectivity index (χ1n) is 10.1. The van der Waals surface area contributed by atoms with Crippen molar-refractivity contribution in [2.24, 2.45) is 0 Å². The zero-order valence-electron chi connectivity index (χ0n) is 16.6. The Bertz CT molecular complexity index is 488. The summed E-state index contributed by atoms with van der Waals surface area (Å²) in [5.41, 5.74) is 1.34. The number of benzene rings is 1. The predicted octanol–water partition coefficient (Wildman–Crippen LogP) is 3.54. The average Bonchev–Trinajstić information content (AvgIpc) is 2.61. The quantitative estimate of drug-likeness (QED) is 0.701. The van der Waals surface area contributed by atoms with Gasteiger partial charge < -0.3 is 15.0 Å². The monoisotopic (exact) mass is 347 g/mol. The van der Waals surface area contributed by atoms with Gasteiger partial charge in [0.25, 0.3) is 0 Å². The summed E-state index contributed by atoms with van der Waals surface area (Å²) < 4.78 is 5.98. The van der Waals surface area contributed by atoms with E-state index in [-0.39, 0.29) is 0 Å². The Labute approximate surface area is 154 Å². The van der Waals surface area contributed by atoms with E-state index in [0.29, 0.717) is 12.1 Å². The molecule has 1 fully saturated rings. The highest BCUT2D eigenvalue weighted by Gasteiger charge is 2.28. The zero-order valence-corrected chi connectivity index (χ0v) is 16.6. The lowest BCUT2D eigenvalue weighted by Gasteiger charge is -2.40. The van der Waals surface area contributed by atoms with Crippen molar-refractivity contribution in [3.05, 3.63) is 29.8 Å². The number of nitrogens with zero attached hydrogens (tertiary/aromatic N) is 2. The number of para-hydroxylation sites is 1. The number of hydrogen-bond donors (Lipinski definition) is 1. The van der Waals surface area contributed by atoms with Crippen molar-refractivity contribution in [3.63, 3.8) is 0 Å². The standard InChI is InChI=1S/C21H37N3O/c1-5-13-23(14-6-2)17-20(24-15-12-22-18(4)16-24)19-10-8-9-11-21(19)25-7-3/h8-11,18,20,22H,5-7,12-17H2,1-4H3. The van der Waals surface area contributed by atoms with Gasteiger partial charge in [-0.3, -0.25) is 4.90 Å². The molecule has 4 heteroatoms. The topological polar surface area (TPSA) is 27.7 Å². The summed E-state index contributed by atoms with van der Waals surface area (Å²) in [4.78, 5) is 5.28. The molecule has 0 bridgehead atoms. The molecule has 1 aromatic carbocycles. The van der Waals surface area contributed by atoms with Crippen LogP contribution in [0, 0.1) is 0 Å². The fourth-order valence-electron chi connectivity index (χ4n) is 3.87. The van der Waals surface area contributed by atoms with E-state index >= 15 is 0 Å². The molecule has 2 atom stereocenters. The number of hydrogen-bond acceptors (Lipinski definition) is 4. The maximum Gasteiger partial charge on any atom is 0.124 e. The highest BCUT2D eigenvalue weighted by molar-refractivity contribution is 5.36. The molecule has 142 valence electrons. The van der Waals surface area contributed by atoms with E-state index in [2.05, 4.69) is 67.1 Å². The van der Waals surface area contributed by atoms with Crippen LogP contribution < -0.4 is 10.1 Å². The first-order valence-corrected chi connectivity index (χ1v) is 10.1. The van der Waals surface area contributed by atoms with Crippen molar-refractivity contribution in [2.75, 3.05) is 45.9 Å². The van der Waals surface area contributed by atoms with Gasteiger partial charge in [0.1, 0.15) is 5.75 Å². The average molecular weight is 348 g/mol. The fraction of sp³-hybridized carbons (Fsp3) is 0.714. The van der Waals surface area contributed by atoms with Crippen molar-refractivity contribution in [3.8, 4) is 5.75 Å². The smallest absolute Gasteiger partial charge is 0.124 e. The van der Waals surface area contributed by atoms with Crippen molar-refractivity contribution in [1.82, 2.24) is 15.1 Å².